The van der Waals surface area contributed by atoms with Crippen LogP contribution in [-0.4, -0.2) is 34.2 Å². The summed E-state index contributed by atoms with van der Waals surface area (Å²) in [6.07, 6.45) is 0. The second kappa shape index (κ2) is 9.41. The van der Waals surface area contributed by atoms with Gasteiger partial charge < -0.3 is 10.1 Å². The maximum atomic E-state index is 11.9. The number of carbonyl (C=O) groups excluding carboxylic acids is 2. The van der Waals surface area contributed by atoms with Gasteiger partial charge in [-0.25, -0.2) is 9.97 Å². The van der Waals surface area contributed by atoms with Gasteiger partial charge in [-0.15, -0.1) is 0 Å². The van der Waals surface area contributed by atoms with Gasteiger partial charge >= 0.3 is 5.97 Å². The molecule has 0 unspecified atom stereocenters. The number of thioether (sulfide) groups is 1. The fourth-order valence-corrected chi connectivity index (χ4v) is 3.57. The number of halogens is 3. The van der Waals surface area contributed by atoms with Crippen molar-refractivity contribution in [1.82, 2.24) is 9.97 Å². The van der Waals surface area contributed by atoms with E-state index in [2.05, 4.69) is 15.3 Å². The minimum absolute atomic E-state index is 0.0152. The first kappa shape index (κ1) is 20.8. The Bertz CT molecular complexity index is 805. The van der Waals surface area contributed by atoms with Crippen LogP contribution in [0.5, 0.6) is 0 Å². The third kappa shape index (κ3) is 6.32. The predicted octanol–water partition coefficient (Wildman–Crippen LogP) is 4.33. The molecule has 6 nitrogen and oxygen atoms in total. The summed E-state index contributed by atoms with van der Waals surface area (Å²) in [7, 11) is 0. The number of esters is 1. The lowest BCUT2D eigenvalue weighted by Gasteiger charge is -2.10. The molecule has 0 aliphatic carbocycles. The highest BCUT2D eigenvalue weighted by molar-refractivity contribution is 7.99. The molecule has 2 rings (SSSR count). The number of hydrogen-bond acceptors (Lipinski definition) is 6. The van der Waals surface area contributed by atoms with Gasteiger partial charge in [0.15, 0.2) is 11.8 Å². The molecule has 138 valence electrons. The number of carbonyl (C=O) groups is 2. The van der Waals surface area contributed by atoms with Crippen molar-refractivity contribution in [3.8, 4) is 0 Å². The van der Waals surface area contributed by atoms with Gasteiger partial charge in [-0.3, -0.25) is 9.59 Å². The van der Waals surface area contributed by atoms with E-state index >= 15 is 0 Å². The van der Waals surface area contributed by atoms with E-state index in [4.69, 9.17) is 39.5 Å². The molecule has 0 spiro atoms. The van der Waals surface area contributed by atoms with E-state index in [1.807, 2.05) is 19.9 Å². The van der Waals surface area contributed by atoms with Crippen molar-refractivity contribution in [2.75, 3.05) is 17.7 Å². The Morgan fingerprint density at radius 1 is 1.08 bits per heavy atom. The molecule has 1 aromatic carbocycles. The third-order valence-electron chi connectivity index (χ3n) is 2.92. The first-order valence-corrected chi connectivity index (χ1v) is 9.41. The number of hydrogen-bond donors (Lipinski definition) is 1. The highest BCUT2D eigenvalue weighted by Gasteiger charge is 2.14. The zero-order chi connectivity index (χ0) is 19.3. The molecule has 0 bridgehead atoms. The summed E-state index contributed by atoms with van der Waals surface area (Å²) < 4.78 is 4.92. The van der Waals surface area contributed by atoms with Gasteiger partial charge in [-0.1, -0.05) is 46.6 Å². The quantitative estimate of drug-likeness (QED) is 0.414. The fraction of sp³-hybridized carbons (Fsp3) is 0.250. The normalized spacial score (nSPS) is 10.5. The van der Waals surface area contributed by atoms with Crippen LogP contribution in [0.25, 0.3) is 0 Å². The number of rotatable bonds is 6. The van der Waals surface area contributed by atoms with Gasteiger partial charge in [0.05, 0.1) is 21.5 Å². The topological polar surface area (TPSA) is 81.2 Å². The number of anilines is 1. The van der Waals surface area contributed by atoms with Crippen LogP contribution in [0, 0.1) is 13.8 Å². The zero-order valence-electron chi connectivity index (χ0n) is 13.8. The van der Waals surface area contributed by atoms with Crippen molar-refractivity contribution in [2.45, 2.75) is 19.0 Å². The van der Waals surface area contributed by atoms with Crippen LogP contribution in [0.1, 0.15) is 11.4 Å². The predicted molar refractivity (Wildman–Crippen MR) is 103 cm³/mol. The fourth-order valence-electron chi connectivity index (χ4n) is 1.91. The largest absolute Gasteiger partial charge is 0.455 e. The van der Waals surface area contributed by atoms with Crippen LogP contribution >= 0.6 is 46.6 Å². The molecule has 0 aliphatic rings. The van der Waals surface area contributed by atoms with Crippen LogP contribution < -0.4 is 5.32 Å². The molecule has 26 heavy (non-hydrogen) atoms. The molecule has 0 saturated heterocycles. The van der Waals surface area contributed by atoms with Crippen LogP contribution in [0.4, 0.5) is 5.69 Å². The Kier molecular flexibility index (Phi) is 7.52. The molecule has 0 radical (unpaired) electrons. The molecule has 0 aliphatic heterocycles. The molecule has 2 aromatic rings. The summed E-state index contributed by atoms with van der Waals surface area (Å²) >= 11 is 18.9. The Balaban J connectivity index is 1.82. The smallest absolute Gasteiger partial charge is 0.316 e. The van der Waals surface area contributed by atoms with E-state index in [-0.39, 0.29) is 21.5 Å². The molecule has 0 fully saturated rings. The van der Waals surface area contributed by atoms with Gasteiger partial charge in [0.25, 0.3) is 5.91 Å². The lowest BCUT2D eigenvalue weighted by atomic mass is 10.3. The van der Waals surface area contributed by atoms with Crippen molar-refractivity contribution < 1.29 is 14.3 Å². The Labute approximate surface area is 169 Å². The van der Waals surface area contributed by atoms with Gasteiger partial charge in [-0.2, -0.15) is 0 Å². The number of amides is 1. The molecule has 1 aromatic heterocycles. The minimum atomic E-state index is -0.572. The van der Waals surface area contributed by atoms with Crippen molar-refractivity contribution in [3.05, 3.63) is 44.7 Å². The summed E-state index contributed by atoms with van der Waals surface area (Å²) in [6.45, 7) is 3.21. The minimum Gasteiger partial charge on any atom is -0.455 e. The first-order valence-electron chi connectivity index (χ1n) is 7.29. The molecule has 1 heterocycles. The number of benzene rings is 1. The number of nitrogens with zero attached hydrogens (tertiary/aromatic N) is 2. The molecule has 0 atom stereocenters. The van der Waals surface area contributed by atoms with Gasteiger partial charge in [0, 0.05) is 16.4 Å². The Morgan fingerprint density at radius 2 is 1.65 bits per heavy atom. The van der Waals surface area contributed by atoms with E-state index in [0.717, 1.165) is 23.1 Å². The van der Waals surface area contributed by atoms with Crippen LogP contribution in [0.2, 0.25) is 15.1 Å². The van der Waals surface area contributed by atoms with Gasteiger partial charge in [0.1, 0.15) is 0 Å². The molecule has 0 saturated carbocycles. The average molecular weight is 435 g/mol. The van der Waals surface area contributed by atoms with Crippen molar-refractivity contribution in [3.63, 3.8) is 0 Å². The molecular formula is C16H14Cl3N3O3S. The summed E-state index contributed by atoms with van der Waals surface area (Å²) in [6, 6.07) is 4.72. The standard InChI is InChI=1S/C16H14Cl3N3O3S/c1-8-3-9(2)21-16(20-8)26-7-14(24)25-6-13(23)22-15-11(18)4-10(17)5-12(15)19/h3-5H,6-7H2,1-2H3,(H,22,23). The summed E-state index contributed by atoms with van der Waals surface area (Å²) in [5.41, 5.74) is 1.82. The number of aryl methyl sites for hydroxylation is 2. The van der Waals surface area contributed by atoms with Crippen molar-refractivity contribution >= 4 is 64.1 Å². The van der Waals surface area contributed by atoms with Crippen molar-refractivity contribution in [2.24, 2.45) is 0 Å². The third-order valence-corrected chi connectivity index (χ3v) is 4.55. The second-order valence-corrected chi connectivity index (χ2v) is 7.37. The van der Waals surface area contributed by atoms with E-state index in [0.29, 0.717) is 10.2 Å². The van der Waals surface area contributed by atoms with Crippen LogP contribution in [-0.2, 0) is 14.3 Å². The Morgan fingerprint density at radius 3 is 2.23 bits per heavy atom. The number of nitrogens with one attached hydrogen (secondary N) is 1. The van der Waals surface area contributed by atoms with E-state index in [1.54, 1.807) is 0 Å². The monoisotopic (exact) mass is 433 g/mol. The van der Waals surface area contributed by atoms with Gasteiger partial charge in [-0.05, 0) is 32.0 Å². The lowest BCUT2D eigenvalue weighted by molar-refractivity contribution is -0.144. The molecule has 10 heteroatoms. The van der Waals surface area contributed by atoms with E-state index in [1.165, 1.54) is 12.1 Å². The molecule has 1 N–H and O–H groups in total. The van der Waals surface area contributed by atoms with Crippen LogP contribution in [0.15, 0.2) is 23.4 Å². The van der Waals surface area contributed by atoms with Crippen LogP contribution in [0.3, 0.4) is 0 Å². The Hall–Kier alpha value is -1.54. The number of ether oxygens (including phenoxy) is 1. The highest BCUT2D eigenvalue weighted by Crippen LogP contribution is 2.33. The summed E-state index contributed by atoms with van der Waals surface area (Å²) in [5, 5.41) is 3.67. The maximum absolute atomic E-state index is 11.9. The van der Waals surface area contributed by atoms with E-state index < -0.39 is 18.5 Å². The number of aromatic nitrogens is 2. The second-order valence-electron chi connectivity index (χ2n) is 5.18. The maximum Gasteiger partial charge on any atom is 0.316 e. The molecular weight excluding hydrogens is 421 g/mol. The van der Waals surface area contributed by atoms with E-state index in [9.17, 15) is 9.59 Å². The molecule has 1 amide bonds. The summed E-state index contributed by atoms with van der Waals surface area (Å²) in [5.74, 6) is -1.16. The van der Waals surface area contributed by atoms with Crippen molar-refractivity contribution in [1.29, 1.82) is 0 Å². The zero-order valence-corrected chi connectivity index (χ0v) is 16.9. The SMILES string of the molecule is Cc1cc(C)nc(SCC(=O)OCC(=O)Nc2c(Cl)cc(Cl)cc2Cl)n1. The van der Waals surface area contributed by atoms with Gasteiger partial charge in [0.2, 0.25) is 0 Å². The lowest BCUT2D eigenvalue weighted by Crippen LogP contribution is -2.22. The first-order chi connectivity index (χ1) is 12.2. The highest BCUT2D eigenvalue weighted by atomic mass is 35.5. The average Bonchev–Trinajstić information content (AvgIpc) is 2.53. The summed E-state index contributed by atoms with van der Waals surface area (Å²) in [4.78, 5) is 32.1.